The van der Waals surface area contributed by atoms with Gasteiger partial charge in [-0.25, -0.2) is 0 Å². The van der Waals surface area contributed by atoms with Crippen LogP contribution in [0.4, 0.5) is 0 Å². The van der Waals surface area contributed by atoms with E-state index in [0.29, 0.717) is 0 Å². The lowest BCUT2D eigenvalue weighted by molar-refractivity contribution is 1.00. The Balaban J connectivity index is 0.000000847. The van der Waals surface area contributed by atoms with Crippen molar-refractivity contribution in [2.75, 3.05) is 6.54 Å². The summed E-state index contributed by atoms with van der Waals surface area (Å²) >= 11 is 0. The van der Waals surface area contributed by atoms with Crippen LogP contribution in [0.2, 0.25) is 0 Å². The molecule has 1 aliphatic rings. The number of hydrogen-bond acceptors (Lipinski definition) is 1. The summed E-state index contributed by atoms with van der Waals surface area (Å²) in [7, 11) is 0. The van der Waals surface area contributed by atoms with Gasteiger partial charge in [0.1, 0.15) is 0 Å². The minimum Gasteiger partial charge on any atom is -0.387 e. The second-order valence-electron chi connectivity index (χ2n) is 4.68. The van der Waals surface area contributed by atoms with Crippen molar-refractivity contribution in [1.29, 1.82) is 0 Å². The number of aromatic nitrogens is 1. The number of fused-ring (bicyclic) bond motifs is 1. The first kappa shape index (κ1) is 15.3. The van der Waals surface area contributed by atoms with Crippen LogP contribution in [0.1, 0.15) is 12.5 Å². The van der Waals surface area contributed by atoms with Crippen LogP contribution in [-0.2, 0) is 0 Å². The topological polar surface area (TPSA) is 27.8 Å². The molecule has 0 spiro atoms. The Hall–Kier alpha value is -3.10. The van der Waals surface area contributed by atoms with Gasteiger partial charge < -0.3 is 10.3 Å². The third-order valence-corrected chi connectivity index (χ3v) is 3.27. The van der Waals surface area contributed by atoms with Crippen LogP contribution in [0.5, 0.6) is 0 Å². The molecule has 0 bridgehead atoms. The Bertz CT molecular complexity index is 817. The van der Waals surface area contributed by atoms with Gasteiger partial charge >= 0.3 is 0 Å². The van der Waals surface area contributed by atoms with Gasteiger partial charge in [0.15, 0.2) is 0 Å². The zero-order valence-electron chi connectivity index (χ0n) is 12.6. The van der Waals surface area contributed by atoms with Crippen LogP contribution in [-0.4, -0.2) is 11.5 Å². The maximum atomic E-state index is 4.00. The molecular formula is C20H18N2. The maximum Gasteiger partial charge on any atom is 0.0454 e. The molecule has 0 fully saturated rings. The van der Waals surface area contributed by atoms with Crippen LogP contribution in [0.3, 0.4) is 0 Å². The highest BCUT2D eigenvalue weighted by Gasteiger charge is 2.02. The van der Waals surface area contributed by atoms with Crippen molar-refractivity contribution < 1.29 is 0 Å². The third-order valence-electron chi connectivity index (χ3n) is 3.27. The van der Waals surface area contributed by atoms with Crippen LogP contribution >= 0.6 is 0 Å². The molecule has 0 radical (unpaired) electrons. The highest BCUT2D eigenvalue weighted by molar-refractivity contribution is 5.80. The number of terminal acetylenes is 1. The number of aromatic amines is 1. The number of allylic oxidation sites excluding steroid dienone is 3. The normalized spacial score (nSPS) is 14.9. The molecule has 0 unspecified atom stereocenters. The zero-order chi connectivity index (χ0) is 15.8. The molecule has 2 N–H and O–H groups in total. The van der Waals surface area contributed by atoms with Crippen molar-refractivity contribution in [1.82, 2.24) is 10.3 Å². The molecule has 2 heterocycles. The van der Waals surface area contributed by atoms with Crippen molar-refractivity contribution in [3.8, 4) is 24.7 Å². The molecular weight excluding hydrogens is 268 g/mol. The molecule has 0 atom stereocenters. The fourth-order valence-corrected chi connectivity index (χ4v) is 2.24. The van der Waals surface area contributed by atoms with Gasteiger partial charge in [-0.2, -0.15) is 0 Å². The van der Waals surface area contributed by atoms with Gasteiger partial charge in [0, 0.05) is 34.8 Å². The lowest BCUT2D eigenvalue weighted by Crippen LogP contribution is -2.01. The van der Waals surface area contributed by atoms with E-state index in [1.165, 1.54) is 11.0 Å². The van der Waals surface area contributed by atoms with E-state index in [9.17, 15) is 0 Å². The fourth-order valence-electron chi connectivity index (χ4n) is 2.24. The van der Waals surface area contributed by atoms with E-state index in [-0.39, 0.29) is 0 Å². The van der Waals surface area contributed by atoms with Gasteiger partial charge in [0.25, 0.3) is 0 Å². The number of rotatable bonds is 1. The first-order chi connectivity index (χ1) is 10.9. The van der Waals surface area contributed by atoms with E-state index < -0.39 is 0 Å². The van der Waals surface area contributed by atoms with E-state index in [2.05, 4.69) is 65.3 Å². The van der Waals surface area contributed by atoms with E-state index >= 15 is 0 Å². The Kier molecular flexibility index (Phi) is 5.30. The number of benzene rings is 1. The van der Waals surface area contributed by atoms with Crippen molar-refractivity contribution >= 4 is 10.9 Å². The molecule has 1 aliphatic heterocycles. The second-order valence-corrected chi connectivity index (χ2v) is 4.68. The van der Waals surface area contributed by atoms with Crippen molar-refractivity contribution in [3.63, 3.8) is 0 Å². The standard InChI is InChI=1S/C18H16N2.C2H2/c1-2-3-15(17-8-10-19-13-17)6-4-14-5-7-18-16(12-14)9-11-20-18;1-2/h2-3,5,7-12,19-20H,13H2,1H3;1-2H/b3-2-,17-15+;. The first-order valence-electron chi connectivity index (χ1n) is 7.05. The molecule has 0 aliphatic carbocycles. The molecule has 0 saturated heterocycles. The SMILES string of the molecule is C#C.C/C=C\C(C#Cc1ccc2[nH]ccc2c1)=C1\C=CNC1. The van der Waals surface area contributed by atoms with Gasteiger partial charge in [-0.05, 0) is 49.0 Å². The average molecular weight is 286 g/mol. The Morgan fingerprint density at radius 1 is 1.27 bits per heavy atom. The highest BCUT2D eigenvalue weighted by Crippen LogP contribution is 2.14. The summed E-state index contributed by atoms with van der Waals surface area (Å²) in [5.41, 5.74) is 4.49. The highest BCUT2D eigenvalue weighted by atomic mass is 14.8. The summed E-state index contributed by atoms with van der Waals surface area (Å²) in [4.78, 5) is 3.19. The van der Waals surface area contributed by atoms with E-state index in [4.69, 9.17) is 0 Å². The van der Waals surface area contributed by atoms with E-state index in [1.807, 2.05) is 31.5 Å². The molecule has 108 valence electrons. The Labute approximate surface area is 131 Å². The summed E-state index contributed by atoms with van der Waals surface area (Å²) in [6.07, 6.45) is 18.1. The lowest BCUT2D eigenvalue weighted by atomic mass is 10.1. The number of hydrogen-bond donors (Lipinski definition) is 2. The zero-order valence-corrected chi connectivity index (χ0v) is 12.6. The second kappa shape index (κ2) is 7.62. The summed E-state index contributed by atoms with van der Waals surface area (Å²) in [6.45, 7) is 2.87. The first-order valence-corrected chi connectivity index (χ1v) is 7.05. The molecule has 0 saturated carbocycles. The number of H-pyrrole nitrogens is 1. The van der Waals surface area contributed by atoms with Crippen molar-refractivity contribution in [2.24, 2.45) is 0 Å². The summed E-state index contributed by atoms with van der Waals surface area (Å²) in [5, 5.41) is 4.38. The molecule has 0 amide bonds. The van der Waals surface area contributed by atoms with Crippen LogP contribution < -0.4 is 5.32 Å². The van der Waals surface area contributed by atoms with Crippen molar-refractivity contribution in [2.45, 2.75) is 6.92 Å². The average Bonchev–Trinajstić information content (AvgIpc) is 3.24. The van der Waals surface area contributed by atoms with Crippen LogP contribution in [0.25, 0.3) is 10.9 Å². The van der Waals surface area contributed by atoms with E-state index in [1.54, 1.807) is 0 Å². The van der Waals surface area contributed by atoms with Gasteiger partial charge in [0.2, 0.25) is 0 Å². The van der Waals surface area contributed by atoms with Gasteiger partial charge in [0.05, 0.1) is 0 Å². The summed E-state index contributed by atoms with van der Waals surface area (Å²) < 4.78 is 0. The molecule has 3 rings (SSSR count). The predicted molar refractivity (Wildman–Crippen MR) is 94.0 cm³/mol. The largest absolute Gasteiger partial charge is 0.387 e. The molecule has 2 heteroatoms. The Morgan fingerprint density at radius 2 is 2.14 bits per heavy atom. The molecule has 22 heavy (non-hydrogen) atoms. The van der Waals surface area contributed by atoms with Gasteiger partial charge in [-0.15, -0.1) is 12.8 Å². The molecule has 2 nitrogen and oxygen atoms in total. The van der Waals surface area contributed by atoms with Gasteiger partial charge in [-0.1, -0.05) is 24.0 Å². The van der Waals surface area contributed by atoms with Gasteiger partial charge in [-0.3, -0.25) is 0 Å². The third kappa shape index (κ3) is 3.51. The Morgan fingerprint density at radius 3 is 2.86 bits per heavy atom. The minimum absolute atomic E-state index is 0.852. The molecule has 1 aromatic carbocycles. The molecule has 1 aromatic heterocycles. The summed E-state index contributed by atoms with van der Waals surface area (Å²) in [6, 6.07) is 8.29. The smallest absolute Gasteiger partial charge is 0.0454 e. The number of nitrogens with one attached hydrogen (secondary N) is 2. The van der Waals surface area contributed by atoms with Crippen LogP contribution in [0.15, 0.2) is 66.0 Å². The predicted octanol–water partition coefficient (Wildman–Crippen LogP) is 3.76. The molecule has 2 aromatic rings. The minimum atomic E-state index is 0.852. The van der Waals surface area contributed by atoms with E-state index in [0.717, 1.165) is 23.2 Å². The monoisotopic (exact) mass is 286 g/mol. The quantitative estimate of drug-likeness (QED) is 0.768. The van der Waals surface area contributed by atoms with Crippen LogP contribution in [0, 0.1) is 24.7 Å². The maximum absolute atomic E-state index is 4.00. The fraction of sp³-hybridized carbons (Fsp3) is 0.100. The summed E-state index contributed by atoms with van der Waals surface area (Å²) in [5.74, 6) is 6.53. The van der Waals surface area contributed by atoms with Crippen molar-refractivity contribution in [3.05, 3.63) is 71.6 Å². The lowest BCUT2D eigenvalue weighted by Gasteiger charge is -1.97.